The van der Waals surface area contributed by atoms with Crippen LogP contribution in [0, 0.1) is 6.92 Å². The summed E-state index contributed by atoms with van der Waals surface area (Å²) in [5.41, 5.74) is 16.5. The maximum atomic E-state index is 6.23. The van der Waals surface area contributed by atoms with Crippen molar-refractivity contribution in [1.29, 1.82) is 0 Å². The van der Waals surface area contributed by atoms with Crippen molar-refractivity contribution in [3.05, 3.63) is 40.6 Å². The topological polar surface area (TPSA) is 90.3 Å². The first-order chi connectivity index (χ1) is 14.6. The third-order valence-corrected chi connectivity index (χ3v) is 5.93. The van der Waals surface area contributed by atoms with Gasteiger partial charge in [0, 0.05) is 18.5 Å². The summed E-state index contributed by atoms with van der Waals surface area (Å²) in [6.07, 6.45) is 8.78. The highest BCUT2D eigenvalue weighted by Gasteiger charge is 2.14. The van der Waals surface area contributed by atoms with Crippen LogP contribution >= 0.6 is 0 Å². The molecule has 0 atom stereocenters. The van der Waals surface area contributed by atoms with Crippen LogP contribution in [-0.4, -0.2) is 41.1 Å². The molecule has 1 fully saturated rings. The van der Waals surface area contributed by atoms with E-state index < -0.39 is 0 Å². The van der Waals surface area contributed by atoms with E-state index in [-0.39, 0.29) is 5.95 Å². The average molecular weight is 412 g/mol. The molecule has 1 aromatic heterocycles. The number of ether oxygens (including phenoxy) is 1. The van der Waals surface area contributed by atoms with E-state index in [9.17, 15) is 0 Å². The smallest absolute Gasteiger partial charge is 0.222 e. The van der Waals surface area contributed by atoms with Crippen molar-refractivity contribution in [3.63, 3.8) is 0 Å². The molecule has 1 aromatic carbocycles. The van der Waals surface area contributed by atoms with Gasteiger partial charge < -0.3 is 21.1 Å². The number of hydrogen-bond acceptors (Lipinski definition) is 6. The summed E-state index contributed by atoms with van der Waals surface area (Å²) >= 11 is 0. The van der Waals surface area contributed by atoms with Crippen molar-refractivity contribution < 1.29 is 4.74 Å². The molecule has 6 heteroatoms. The normalized spacial score (nSPS) is 14.3. The number of nitrogens with zero attached hydrogens (tertiary/aromatic N) is 3. The minimum atomic E-state index is 0.261. The highest BCUT2D eigenvalue weighted by atomic mass is 16.5. The van der Waals surface area contributed by atoms with Crippen LogP contribution in [0.25, 0.3) is 0 Å². The number of hydrogen-bond donors (Lipinski definition) is 2. The first kappa shape index (κ1) is 22.3. The highest BCUT2D eigenvalue weighted by molar-refractivity contribution is 5.50. The van der Waals surface area contributed by atoms with Gasteiger partial charge in [-0.15, -0.1) is 0 Å². The van der Waals surface area contributed by atoms with Crippen LogP contribution in [0.5, 0.6) is 5.75 Å². The number of aromatic nitrogens is 2. The second kappa shape index (κ2) is 11.2. The molecular formula is C24H37N5O. The Morgan fingerprint density at radius 3 is 2.60 bits per heavy atom. The van der Waals surface area contributed by atoms with Gasteiger partial charge in [0.2, 0.25) is 5.95 Å². The molecular weight excluding hydrogens is 374 g/mol. The van der Waals surface area contributed by atoms with Crippen molar-refractivity contribution in [2.45, 2.75) is 65.2 Å². The molecule has 2 aromatic rings. The molecule has 0 amide bonds. The average Bonchev–Trinajstić information content (AvgIpc) is 3.23. The summed E-state index contributed by atoms with van der Waals surface area (Å²) in [7, 11) is 0. The van der Waals surface area contributed by atoms with Crippen LogP contribution in [0.1, 0.15) is 67.8 Å². The number of anilines is 2. The Bertz CT molecular complexity index is 817. The highest BCUT2D eigenvalue weighted by Crippen LogP contribution is 2.25. The summed E-state index contributed by atoms with van der Waals surface area (Å²) < 4.78 is 5.99. The molecule has 30 heavy (non-hydrogen) atoms. The van der Waals surface area contributed by atoms with E-state index in [2.05, 4.69) is 46.9 Å². The molecule has 164 valence electrons. The molecule has 0 bridgehead atoms. The maximum absolute atomic E-state index is 6.23. The van der Waals surface area contributed by atoms with Crippen LogP contribution in [0.2, 0.25) is 0 Å². The number of unbranched alkanes of at least 4 members (excludes halogenated alkanes) is 2. The SMILES string of the molecule is CCCCCc1nc(N)nc(N)c1Cc1ccc(OCCCN2CCCC2)cc1C. The zero-order valence-corrected chi connectivity index (χ0v) is 18.6. The Kier molecular flexibility index (Phi) is 8.31. The monoisotopic (exact) mass is 411 g/mol. The second-order valence-corrected chi connectivity index (χ2v) is 8.37. The van der Waals surface area contributed by atoms with Crippen molar-refractivity contribution in [1.82, 2.24) is 14.9 Å². The van der Waals surface area contributed by atoms with Crippen LogP contribution in [0.4, 0.5) is 11.8 Å². The molecule has 0 unspecified atom stereocenters. The lowest BCUT2D eigenvalue weighted by Gasteiger charge is -2.16. The number of nitrogen functional groups attached to an aromatic ring is 2. The van der Waals surface area contributed by atoms with Crippen LogP contribution in [-0.2, 0) is 12.8 Å². The largest absolute Gasteiger partial charge is 0.494 e. The molecule has 3 rings (SSSR count). The predicted octanol–water partition coefficient (Wildman–Crippen LogP) is 4.14. The minimum Gasteiger partial charge on any atom is -0.494 e. The number of rotatable bonds is 11. The lowest BCUT2D eigenvalue weighted by atomic mass is 9.97. The molecule has 0 saturated carbocycles. The third kappa shape index (κ3) is 6.33. The van der Waals surface area contributed by atoms with Crippen LogP contribution in [0.15, 0.2) is 18.2 Å². The van der Waals surface area contributed by atoms with Gasteiger partial charge in [0.05, 0.1) is 12.3 Å². The number of aryl methyl sites for hydroxylation is 2. The van der Waals surface area contributed by atoms with Crippen molar-refractivity contribution >= 4 is 11.8 Å². The zero-order valence-electron chi connectivity index (χ0n) is 18.6. The first-order valence-electron chi connectivity index (χ1n) is 11.4. The fraction of sp³-hybridized carbons (Fsp3) is 0.583. The fourth-order valence-corrected chi connectivity index (χ4v) is 4.14. The molecule has 0 aliphatic carbocycles. The van der Waals surface area contributed by atoms with Crippen LogP contribution < -0.4 is 16.2 Å². The molecule has 1 aliphatic rings. The maximum Gasteiger partial charge on any atom is 0.222 e. The van der Waals surface area contributed by atoms with Crippen LogP contribution in [0.3, 0.4) is 0 Å². The van der Waals surface area contributed by atoms with Gasteiger partial charge in [0.25, 0.3) is 0 Å². The van der Waals surface area contributed by atoms with E-state index >= 15 is 0 Å². The van der Waals surface area contributed by atoms with Gasteiger partial charge in [0.1, 0.15) is 11.6 Å². The van der Waals surface area contributed by atoms with Crippen molar-refractivity contribution in [2.24, 2.45) is 0 Å². The van der Waals surface area contributed by atoms with E-state index in [1.165, 1.54) is 49.9 Å². The molecule has 0 radical (unpaired) electrons. The molecule has 1 aliphatic heterocycles. The Balaban J connectivity index is 1.61. The van der Waals surface area contributed by atoms with Crippen molar-refractivity contribution in [3.8, 4) is 5.75 Å². The van der Waals surface area contributed by atoms with E-state index in [1.807, 2.05) is 0 Å². The second-order valence-electron chi connectivity index (χ2n) is 8.37. The summed E-state index contributed by atoms with van der Waals surface area (Å²) in [5, 5.41) is 0. The Labute approximate surface area is 181 Å². The first-order valence-corrected chi connectivity index (χ1v) is 11.4. The standard InChI is InChI=1S/C24H37N5O/c1-3-4-5-9-22-21(23(25)28-24(26)27-22)17-19-10-11-20(16-18(19)2)30-15-8-14-29-12-6-7-13-29/h10-11,16H,3-9,12-15,17H2,1-2H3,(H4,25,26,27,28). The Hall–Kier alpha value is -2.34. The fourth-order valence-electron chi connectivity index (χ4n) is 4.14. The predicted molar refractivity (Wildman–Crippen MR) is 124 cm³/mol. The molecule has 6 nitrogen and oxygen atoms in total. The summed E-state index contributed by atoms with van der Waals surface area (Å²) in [6.45, 7) is 8.70. The molecule has 0 spiro atoms. The zero-order chi connectivity index (χ0) is 21.3. The lowest BCUT2D eigenvalue weighted by molar-refractivity contribution is 0.263. The van der Waals surface area contributed by atoms with E-state index in [0.717, 1.165) is 49.4 Å². The summed E-state index contributed by atoms with van der Waals surface area (Å²) in [6, 6.07) is 6.32. The van der Waals surface area contributed by atoms with Crippen molar-refractivity contribution in [2.75, 3.05) is 37.7 Å². The molecule has 4 N–H and O–H groups in total. The molecule has 1 saturated heterocycles. The minimum absolute atomic E-state index is 0.261. The number of nitrogens with two attached hydrogens (primary N) is 2. The lowest BCUT2D eigenvalue weighted by Crippen LogP contribution is -2.21. The van der Waals surface area contributed by atoms with Gasteiger partial charge in [-0.25, -0.2) is 4.98 Å². The summed E-state index contributed by atoms with van der Waals surface area (Å²) in [4.78, 5) is 11.2. The van der Waals surface area contributed by atoms with Gasteiger partial charge in [-0.2, -0.15) is 4.98 Å². The molecule has 2 heterocycles. The quantitative estimate of drug-likeness (QED) is 0.540. The van der Waals surface area contributed by atoms with E-state index in [1.54, 1.807) is 0 Å². The summed E-state index contributed by atoms with van der Waals surface area (Å²) in [5.74, 6) is 1.69. The van der Waals surface area contributed by atoms with E-state index in [0.29, 0.717) is 12.2 Å². The van der Waals surface area contributed by atoms with Gasteiger partial charge in [-0.3, -0.25) is 0 Å². The Morgan fingerprint density at radius 1 is 1.07 bits per heavy atom. The van der Waals surface area contributed by atoms with E-state index in [4.69, 9.17) is 16.2 Å². The Morgan fingerprint density at radius 2 is 1.87 bits per heavy atom. The van der Waals surface area contributed by atoms with Gasteiger partial charge >= 0.3 is 0 Å². The van der Waals surface area contributed by atoms with Gasteiger partial charge in [0.15, 0.2) is 0 Å². The van der Waals surface area contributed by atoms with Gasteiger partial charge in [-0.05, 0) is 75.4 Å². The van der Waals surface area contributed by atoms with Gasteiger partial charge in [-0.1, -0.05) is 25.8 Å². The third-order valence-electron chi connectivity index (χ3n) is 5.93. The number of benzene rings is 1. The number of likely N-dealkylation sites (tertiary alicyclic amines) is 1.